The van der Waals surface area contributed by atoms with Crippen molar-refractivity contribution in [2.45, 2.75) is 26.3 Å². The highest BCUT2D eigenvalue weighted by molar-refractivity contribution is 7.09. The van der Waals surface area contributed by atoms with Gasteiger partial charge in [0.25, 0.3) is 11.3 Å². The Labute approximate surface area is 193 Å². The number of anilines is 2. The number of benzene rings is 2. The Balaban J connectivity index is 1.31. The van der Waals surface area contributed by atoms with Gasteiger partial charge in [-0.1, -0.05) is 42.5 Å². The van der Waals surface area contributed by atoms with Crippen molar-refractivity contribution in [1.29, 1.82) is 0 Å². The van der Waals surface area contributed by atoms with E-state index in [1.807, 2.05) is 60.0 Å². The summed E-state index contributed by atoms with van der Waals surface area (Å²) in [7, 11) is 0. The lowest BCUT2D eigenvalue weighted by Gasteiger charge is -2.09. The largest absolute Gasteiger partial charge is 0.350 e. The van der Waals surface area contributed by atoms with Crippen molar-refractivity contribution >= 4 is 45.4 Å². The number of nitrogens with one attached hydrogen (secondary N) is 3. The maximum absolute atomic E-state index is 13.0. The minimum Gasteiger partial charge on any atom is -0.350 e. The van der Waals surface area contributed by atoms with Gasteiger partial charge in [0, 0.05) is 27.9 Å². The van der Waals surface area contributed by atoms with Crippen molar-refractivity contribution < 1.29 is 4.79 Å². The highest BCUT2D eigenvalue weighted by Crippen LogP contribution is 2.23. The molecule has 33 heavy (non-hydrogen) atoms. The SMILES string of the molecule is Cc1nc2nc(NCc3cccs3)[nH]n2c(=O)c1CCC(=O)Nc1cccc2ccccc12. The van der Waals surface area contributed by atoms with Crippen molar-refractivity contribution in [1.82, 2.24) is 19.6 Å². The molecule has 1 amide bonds. The predicted octanol–water partition coefficient (Wildman–Crippen LogP) is 4.12. The molecule has 166 valence electrons. The van der Waals surface area contributed by atoms with Gasteiger partial charge in [0.05, 0.1) is 12.2 Å². The molecule has 0 aliphatic rings. The molecule has 0 unspecified atom stereocenters. The van der Waals surface area contributed by atoms with Gasteiger partial charge in [-0.25, -0.2) is 4.98 Å². The molecule has 5 aromatic rings. The van der Waals surface area contributed by atoms with Crippen LogP contribution in [0.5, 0.6) is 0 Å². The monoisotopic (exact) mass is 458 g/mol. The van der Waals surface area contributed by atoms with Crippen LogP contribution in [-0.2, 0) is 17.8 Å². The summed E-state index contributed by atoms with van der Waals surface area (Å²) in [5, 5.41) is 13.2. The fraction of sp³-hybridized carbons (Fsp3) is 0.167. The first kappa shape index (κ1) is 20.9. The Morgan fingerprint density at radius 3 is 2.79 bits per heavy atom. The molecule has 0 radical (unpaired) electrons. The number of aromatic amines is 1. The van der Waals surface area contributed by atoms with Crippen molar-refractivity contribution in [3.05, 3.63) is 86.5 Å². The van der Waals surface area contributed by atoms with Crippen LogP contribution < -0.4 is 16.2 Å². The Morgan fingerprint density at radius 1 is 1.09 bits per heavy atom. The van der Waals surface area contributed by atoms with Gasteiger partial charge in [0.15, 0.2) is 0 Å². The van der Waals surface area contributed by atoms with E-state index in [0.29, 0.717) is 29.5 Å². The van der Waals surface area contributed by atoms with Crippen LogP contribution in [-0.4, -0.2) is 25.5 Å². The summed E-state index contributed by atoms with van der Waals surface area (Å²) in [5.41, 5.74) is 1.59. The summed E-state index contributed by atoms with van der Waals surface area (Å²) in [6.07, 6.45) is 0.457. The molecule has 0 fully saturated rings. The third-order valence-corrected chi connectivity index (χ3v) is 6.35. The molecule has 0 saturated heterocycles. The van der Waals surface area contributed by atoms with Gasteiger partial charge in [-0.15, -0.1) is 11.3 Å². The normalized spacial score (nSPS) is 11.2. The Bertz CT molecular complexity index is 1500. The molecule has 3 N–H and O–H groups in total. The standard InChI is InChI=1S/C24H22N6O2S/c1-15-18(11-12-21(31)27-20-10-4-7-16-6-2-3-9-19(16)20)22(32)30-24(26-15)28-23(29-30)25-14-17-8-5-13-33-17/h2-10,13H,11-12,14H2,1H3,(H,27,31)(H2,25,26,28,29). The molecule has 3 aromatic heterocycles. The van der Waals surface area contributed by atoms with Crippen LogP contribution in [0, 0.1) is 6.92 Å². The van der Waals surface area contributed by atoms with E-state index in [0.717, 1.165) is 21.3 Å². The van der Waals surface area contributed by atoms with E-state index in [9.17, 15) is 9.59 Å². The average Bonchev–Trinajstić information content (AvgIpc) is 3.47. The summed E-state index contributed by atoms with van der Waals surface area (Å²) in [6, 6.07) is 17.7. The maximum atomic E-state index is 13.0. The van der Waals surface area contributed by atoms with E-state index in [4.69, 9.17) is 0 Å². The van der Waals surface area contributed by atoms with Gasteiger partial charge >= 0.3 is 0 Å². The lowest BCUT2D eigenvalue weighted by Crippen LogP contribution is -2.23. The van der Waals surface area contributed by atoms with Crippen molar-refractivity contribution in [2.75, 3.05) is 10.6 Å². The molecule has 0 aliphatic carbocycles. The summed E-state index contributed by atoms with van der Waals surface area (Å²) in [5.74, 6) is 0.617. The van der Waals surface area contributed by atoms with E-state index < -0.39 is 0 Å². The number of thiophene rings is 1. The highest BCUT2D eigenvalue weighted by atomic mass is 32.1. The number of carbonyl (C=O) groups excluding carboxylic acids is 1. The molecule has 5 rings (SSSR count). The highest BCUT2D eigenvalue weighted by Gasteiger charge is 2.15. The number of carbonyl (C=O) groups is 1. The zero-order valence-electron chi connectivity index (χ0n) is 18.0. The zero-order valence-corrected chi connectivity index (χ0v) is 18.8. The molecular weight excluding hydrogens is 436 g/mol. The van der Waals surface area contributed by atoms with Crippen LogP contribution in [0.1, 0.15) is 22.6 Å². The Hall–Kier alpha value is -3.98. The quantitative estimate of drug-likeness (QED) is 0.340. The van der Waals surface area contributed by atoms with Gasteiger partial charge in [0.2, 0.25) is 11.9 Å². The first-order valence-electron chi connectivity index (χ1n) is 10.6. The third-order valence-electron chi connectivity index (χ3n) is 5.47. The van der Waals surface area contributed by atoms with Gasteiger partial charge in [0.1, 0.15) is 0 Å². The fourth-order valence-electron chi connectivity index (χ4n) is 3.79. The number of fused-ring (bicyclic) bond motifs is 2. The van der Waals surface area contributed by atoms with E-state index in [1.165, 1.54) is 4.52 Å². The van der Waals surface area contributed by atoms with Crippen molar-refractivity contribution in [3.8, 4) is 0 Å². The topological polar surface area (TPSA) is 104 Å². The maximum Gasteiger partial charge on any atom is 0.277 e. The summed E-state index contributed by atoms with van der Waals surface area (Å²) in [4.78, 5) is 35.7. The molecular formula is C24H22N6O2S. The minimum atomic E-state index is -0.243. The smallest absolute Gasteiger partial charge is 0.277 e. The van der Waals surface area contributed by atoms with Gasteiger partial charge in [-0.05, 0) is 36.2 Å². The van der Waals surface area contributed by atoms with Crippen LogP contribution in [0.25, 0.3) is 16.6 Å². The van der Waals surface area contributed by atoms with Gasteiger partial charge in [-0.2, -0.15) is 9.50 Å². The van der Waals surface area contributed by atoms with E-state index in [-0.39, 0.29) is 24.3 Å². The number of amides is 1. The molecule has 0 saturated carbocycles. The predicted molar refractivity (Wildman–Crippen MR) is 131 cm³/mol. The Kier molecular flexibility index (Phi) is 5.62. The fourth-order valence-corrected chi connectivity index (χ4v) is 4.44. The summed E-state index contributed by atoms with van der Waals surface area (Å²) < 4.78 is 1.32. The van der Waals surface area contributed by atoms with Crippen LogP contribution in [0.2, 0.25) is 0 Å². The second kappa shape index (κ2) is 8.87. The first-order valence-corrected chi connectivity index (χ1v) is 11.5. The molecule has 8 nitrogen and oxygen atoms in total. The molecule has 0 atom stereocenters. The molecule has 0 spiro atoms. The van der Waals surface area contributed by atoms with E-state index in [2.05, 4.69) is 25.7 Å². The lowest BCUT2D eigenvalue weighted by atomic mass is 10.1. The molecule has 2 aromatic carbocycles. The van der Waals surface area contributed by atoms with Crippen LogP contribution in [0.3, 0.4) is 0 Å². The van der Waals surface area contributed by atoms with E-state index >= 15 is 0 Å². The second-order valence-electron chi connectivity index (χ2n) is 7.70. The lowest BCUT2D eigenvalue weighted by molar-refractivity contribution is -0.116. The van der Waals surface area contributed by atoms with Crippen molar-refractivity contribution in [3.63, 3.8) is 0 Å². The number of nitrogens with zero attached hydrogens (tertiary/aromatic N) is 3. The van der Waals surface area contributed by atoms with E-state index in [1.54, 1.807) is 18.3 Å². The first-order chi connectivity index (χ1) is 16.1. The number of hydrogen-bond donors (Lipinski definition) is 3. The average molecular weight is 459 g/mol. The van der Waals surface area contributed by atoms with Crippen LogP contribution >= 0.6 is 11.3 Å². The Morgan fingerprint density at radius 2 is 1.94 bits per heavy atom. The zero-order chi connectivity index (χ0) is 22.8. The van der Waals surface area contributed by atoms with Crippen LogP contribution in [0.15, 0.2) is 64.8 Å². The number of H-pyrrole nitrogens is 1. The molecule has 3 heterocycles. The molecule has 9 heteroatoms. The van der Waals surface area contributed by atoms with Gasteiger partial charge in [-0.3, -0.25) is 14.7 Å². The summed E-state index contributed by atoms with van der Waals surface area (Å²) >= 11 is 1.64. The van der Waals surface area contributed by atoms with Gasteiger partial charge < -0.3 is 10.6 Å². The number of aryl methyl sites for hydroxylation is 1. The number of aromatic nitrogens is 4. The van der Waals surface area contributed by atoms with Crippen LogP contribution in [0.4, 0.5) is 11.6 Å². The number of rotatable bonds is 7. The van der Waals surface area contributed by atoms with Crippen molar-refractivity contribution in [2.24, 2.45) is 0 Å². The second-order valence-corrected chi connectivity index (χ2v) is 8.73. The third kappa shape index (κ3) is 4.35. The molecule has 0 bridgehead atoms. The number of hydrogen-bond acceptors (Lipinski definition) is 6. The molecule has 0 aliphatic heterocycles. The summed E-state index contributed by atoms with van der Waals surface area (Å²) in [6.45, 7) is 2.37. The minimum absolute atomic E-state index is 0.154.